The first kappa shape index (κ1) is 13.3. The molecule has 0 atom stereocenters. The lowest BCUT2D eigenvalue weighted by Crippen LogP contribution is -2.17. The molecule has 0 aliphatic heterocycles. The summed E-state index contributed by atoms with van der Waals surface area (Å²) >= 11 is 3.38. The maximum Gasteiger partial charge on any atom is 0.155 e. The zero-order valence-electron chi connectivity index (χ0n) is 10.9. The van der Waals surface area contributed by atoms with E-state index < -0.39 is 0 Å². The predicted octanol–water partition coefficient (Wildman–Crippen LogP) is 1.87. The van der Waals surface area contributed by atoms with Crippen molar-refractivity contribution in [3.05, 3.63) is 47.6 Å². The molecule has 0 aromatic carbocycles. The van der Waals surface area contributed by atoms with Gasteiger partial charge in [0.15, 0.2) is 5.65 Å². The fourth-order valence-corrected chi connectivity index (χ4v) is 2.38. The summed E-state index contributed by atoms with van der Waals surface area (Å²) in [5.41, 5.74) is 1.99. The summed E-state index contributed by atoms with van der Waals surface area (Å²) in [7, 11) is 0. The molecular formula is C13H15BrN6. The molecule has 0 bridgehead atoms. The van der Waals surface area contributed by atoms with E-state index in [0.717, 1.165) is 42.0 Å². The maximum absolute atomic E-state index is 4.33. The number of nitrogens with zero attached hydrogens (tertiary/aromatic N) is 5. The molecule has 0 fully saturated rings. The first-order valence-electron chi connectivity index (χ1n) is 6.47. The Kier molecular flexibility index (Phi) is 4.08. The van der Waals surface area contributed by atoms with Crippen LogP contribution in [0.4, 0.5) is 0 Å². The highest BCUT2D eigenvalue weighted by Gasteiger charge is 2.03. The Morgan fingerprint density at radius 2 is 2.20 bits per heavy atom. The third kappa shape index (κ3) is 3.05. The molecular weight excluding hydrogens is 320 g/mol. The largest absolute Gasteiger partial charge is 0.337 e. The third-order valence-electron chi connectivity index (χ3n) is 3.08. The van der Waals surface area contributed by atoms with Crippen molar-refractivity contribution in [2.45, 2.75) is 19.5 Å². The van der Waals surface area contributed by atoms with Crippen molar-refractivity contribution in [3.8, 4) is 0 Å². The van der Waals surface area contributed by atoms with Gasteiger partial charge >= 0.3 is 0 Å². The van der Waals surface area contributed by atoms with Crippen molar-refractivity contribution >= 4 is 21.6 Å². The van der Waals surface area contributed by atoms with Crippen LogP contribution in [0.2, 0.25) is 0 Å². The van der Waals surface area contributed by atoms with Crippen molar-refractivity contribution in [2.75, 3.05) is 6.54 Å². The maximum atomic E-state index is 4.33. The quantitative estimate of drug-likeness (QED) is 0.699. The molecule has 20 heavy (non-hydrogen) atoms. The number of hydrogen-bond donors (Lipinski definition) is 1. The number of aryl methyl sites for hydroxylation is 1. The van der Waals surface area contributed by atoms with Crippen LogP contribution in [0.5, 0.6) is 0 Å². The number of imidazole rings is 2. The van der Waals surface area contributed by atoms with Crippen LogP contribution >= 0.6 is 15.9 Å². The van der Waals surface area contributed by atoms with Crippen LogP contribution in [-0.4, -0.2) is 30.5 Å². The normalized spacial score (nSPS) is 11.2. The zero-order chi connectivity index (χ0) is 13.8. The van der Waals surface area contributed by atoms with E-state index in [9.17, 15) is 0 Å². The minimum absolute atomic E-state index is 0.793. The smallest absolute Gasteiger partial charge is 0.155 e. The van der Waals surface area contributed by atoms with Gasteiger partial charge in [-0.15, -0.1) is 0 Å². The number of nitrogens with one attached hydrogen (secondary N) is 1. The number of aromatic nitrogens is 5. The molecule has 0 aliphatic carbocycles. The minimum atomic E-state index is 0.793. The Morgan fingerprint density at radius 3 is 3.05 bits per heavy atom. The lowest BCUT2D eigenvalue weighted by molar-refractivity contribution is 0.576. The van der Waals surface area contributed by atoms with Crippen LogP contribution < -0.4 is 5.32 Å². The van der Waals surface area contributed by atoms with Gasteiger partial charge in [0.05, 0.1) is 24.4 Å². The molecule has 0 unspecified atom stereocenters. The molecule has 104 valence electrons. The Balaban J connectivity index is 1.51. The second kappa shape index (κ2) is 6.15. The second-order valence-corrected chi connectivity index (χ2v) is 5.33. The molecule has 3 rings (SSSR count). The molecule has 0 saturated heterocycles. The van der Waals surface area contributed by atoms with Crippen molar-refractivity contribution in [1.82, 2.24) is 29.2 Å². The standard InChI is InChI=1S/C13H15BrN6/c14-12-9-20-11(7-18-13(20)8-17-12)6-15-2-1-4-19-5-3-16-10-19/h3,5,7-10,15H,1-2,4,6H2. The Labute approximate surface area is 125 Å². The summed E-state index contributed by atoms with van der Waals surface area (Å²) in [6, 6.07) is 0. The molecule has 3 aromatic heterocycles. The van der Waals surface area contributed by atoms with E-state index in [0.29, 0.717) is 0 Å². The van der Waals surface area contributed by atoms with Crippen molar-refractivity contribution in [2.24, 2.45) is 0 Å². The molecule has 6 nitrogen and oxygen atoms in total. The lowest BCUT2D eigenvalue weighted by Gasteiger charge is -2.05. The summed E-state index contributed by atoms with van der Waals surface area (Å²) in [5.74, 6) is 0. The van der Waals surface area contributed by atoms with E-state index in [1.165, 1.54) is 0 Å². The van der Waals surface area contributed by atoms with Gasteiger partial charge in [0.1, 0.15) is 4.60 Å². The molecule has 0 radical (unpaired) electrons. The summed E-state index contributed by atoms with van der Waals surface area (Å²) in [6.45, 7) is 2.73. The van der Waals surface area contributed by atoms with Gasteiger partial charge in [-0.3, -0.25) is 4.40 Å². The van der Waals surface area contributed by atoms with Crippen molar-refractivity contribution in [3.63, 3.8) is 0 Å². The molecule has 0 saturated carbocycles. The molecule has 3 heterocycles. The van der Waals surface area contributed by atoms with E-state index in [4.69, 9.17) is 0 Å². The first-order chi connectivity index (χ1) is 9.83. The van der Waals surface area contributed by atoms with E-state index >= 15 is 0 Å². The van der Waals surface area contributed by atoms with Gasteiger partial charge in [-0.2, -0.15) is 0 Å². The fourth-order valence-electron chi connectivity index (χ4n) is 2.07. The first-order valence-corrected chi connectivity index (χ1v) is 7.26. The van der Waals surface area contributed by atoms with E-state index in [-0.39, 0.29) is 0 Å². The Hall–Kier alpha value is -1.73. The van der Waals surface area contributed by atoms with Gasteiger partial charge in [0, 0.05) is 31.7 Å². The monoisotopic (exact) mass is 334 g/mol. The van der Waals surface area contributed by atoms with Gasteiger partial charge < -0.3 is 9.88 Å². The zero-order valence-corrected chi connectivity index (χ0v) is 12.5. The molecule has 1 N–H and O–H groups in total. The molecule has 3 aromatic rings. The van der Waals surface area contributed by atoms with Crippen molar-refractivity contribution in [1.29, 1.82) is 0 Å². The highest BCUT2D eigenvalue weighted by atomic mass is 79.9. The third-order valence-corrected chi connectivity index (χ3v) is 3.49. The van der Waals surface area contributed by atoms with E-state index in [1.807, 2.05) is 29.3 Å². The van der Waals surface area contributed by atoms with Gasteiger partial charge in [0.2, 0.25) is 0 Å². The van der Waals surface area contributed by atoms with Crippen LogP contribution in [0.15, 0.2) is 41.9 Å². The number of fused-ring (bicyclic) bond motifs is 1. The van der Waals surface area contributed by atoms with E-state index in [2.05, 4.69) is 40.8 Å². The SMILES string of the molecule is Brc1cn2c(CNCCCn3ccnc3)cnc2cn1. The van der Waals surface area contributed by atoms with Gasteiger partial charge in [0.25, 0.3) is 0 Å². The van der Waals surface area contributed by atoms with Crippen LogP contribution in [0.3, 0.4) is 0 Å². The summed E-state index contributed by atoms with van der Waals surface area (Å²) in [5, 5.41) is 3.43. The summed E-state index contributed by atoms with van der Waals surface area (Å²) in [6.07, 6.45) is 12.3. The average Bonchev–Trinajstić information content (AvgIpc) is 3.08. The molecule has 0 amide bonds. The highest BCUT2D eigenvalue weighted by Crippen LogP contribution is 2.10. The number of hydrogen-bond acceptors (Lipinski definition) is 4. The minimum Gasteiger partial charge on any atom is -0.337 e. The van der Waals surface area contributed by atoms with Crippen LogP contribution in [-0.2, 0) is 13.1 Å². The molecule has 7 heteroatoms. The molecule has 0 spiro atoms. The van der Waals surface area contributed by atoms with Crippen molar-refractivity contribution < 1.29 is 0 Å². The Morgan fingerprint density at radius 1 is 1.25 bits per heavy atom. The number of halogens is 1. The highest BCUT2D eigenvalue weighted by molar-refractivity contribution is 9.10. The lowest BCUT2D eigenvalue weighted by atomic mass is 10.4. The average molecular weight is 335 g/mol. The summed E-state index contributed by atoms with van der Waals surface area (Å²) < 4.78 is 4.93. The predicted molar refractivity (Wildman–Crippen MR) is 79.2 cm³/mol. The number of rotatable bonds is 6. The topological polar surface area (TPSA) is 60.0 Å². The van der Waals surface area contributed by atoms with Gasteiger partial charge in [-0.1, -0.05) is 0 Å². The van der Waals surface area contributed by atoms with Crippen LogP contribution in [0.1, 0.15) is 12.1 Å². The van der Waals surface area contributed by atoms with Crippen LogP contribution in [0, 0.1) is 0 Å². The Bertz CT molecular complexity index is 675. The fraction of sp³-hybridized carbons (Fsp3) is 0.308. The second-order valence-electron chi connectivity index (χ2n) is 4.52. The van der Waals surface area contributed by atoms with Gasteiger partial charge in [-0.25, -0.2) is 15.0 Å². The molecule has 0 aliphatic rings. The summed E-state index contributed by atoms with van der Waals surface area (Å²) in [4.78, 5) is 12.5. The van der Waals surface area contributed by atoms with Gasteiger partial charge in [-0.05, 0) is 28.9 Å². The van der Waals surface area contributed by atoms with Crippen LogP contribution in [0.25, 0.3) is 5.65 Å². The van der Waals surface area contributed by atoms with E-state index in [1.54, 1.807) is 12.4 Å².